The molecular formula is C11H26ClN3O3S. The van der Waals surface area contributed by atoms with E-state index in [0.717, 1.165) is 25.5 Å². The molecule has 4 N–H and O–H groups in total. The Morgan fingerprint density at radius 3 is 2.26 bits per heavy atom. The number of carbonyl (C=O) groups excluding carboxylic acids is 1. The number of unbranched alkanes of at least 4 members (excludes halogenated alkanes) is 1. The number of amides is 1. The lowest BCUT2D eigenvalue weighted by Gasteiger charge is -2.27. The molecule has 0 spiro atoms. The second-order valence-corrected chi connectivity index (χ2v) is 6.80. The fourth-order valence-electron chi connectivity index (χ4n) is 1.58. The molecule has 116 valence electrons. The highest BCUT2D eigenvalue weighted by Crippen LogP contribution is 2.06. The third-order valence-electron chi connectivity index (χ3n) is 2.53. The first-order valence-corrected chi connectivity index (χ1v) is 8.01. The van der Waals surface area contributed by atoms with Crippen LogP contribution in [0.5, 0.6) is 0 Å². The van der Waals surface area contributed by atoms with Crippen LogP contribution in [-0.4, -0.2) is 38.7 Å². The van der Waals surface area contributed by atoms with Crippen LogP contribution in [0.25, 0.3) is 0 Å². The Morgan fingerprint density at radius 1 is 1.37 bits per heavy atom. The van der Waals surface area contributed by atoms with Gasteiger partial charge in [0.25, 0.3) is 0 Å². The predicted octanol–water partition coefficient (Wildman–Crippen LogP) is 0.370. The number of halogens is 1. The minimum Gasteiger partial charge on any atom is -0.350 e. The van der Waals surface area contributed by atoms with Crippen molar-refractivity contribution in [2.45, 2.75) is 51.6 Å². The van der Waals surface area contributed by atoms with Crippen molar-refractivity contribution in [1.29, 1.82) is 0 Å². The first kappa shape index (κ1) is 20.9. The van der Waals surface area contributed by atoms with Crippen LogP contribution < -0.4 is 15.8 Å². The van der Waals surface area contributed by atoms with Gasteiger partial charge >= 0.3 is 0 Å². The molecule has 1 amide bonds. The summed E-state index contributed by atoms with van der Waals surface area (Å²) >= 11 is 0. The molecule has 0 aromatic heterocycles. The maximum Gasteiger partial charge on any atom is 0.240 e. The van der Waals surface area contributed by atoms with Crippen molar-refractivity contribution in [2.75, 3.05) is 12.8 Å². The molecule has 0 aliphatic rings. The lowest BCUT2D eigenvalue weighted by Crippen LogP contribution is -2.57. The zero-order chi connectivity index (χ0) is 14.4. The van der Waals surface area contributed by atoms with E-state index in [1.807, 2.05) is 0 Å². The molecule has 0 heterocycles. The number of sulfonamides is 1. The van der Waals surface area contributed by atoms with Crippen molar-refractivity contribution in [3.63, 3.8) is 0 Å². The number of hydrogen-bond donors (Lipinski definition) is 3. The summed E-state index contributed by atoms with van der Waals surface area (Å²) in [7, 11) is -3.43. The Kier molecular flexibility index (Phi) is 9.62. The number of nitrogens with two attached hydrogens (primary N) is 1. The third kappa shape index (κ3) is 9.21. The molecule has 8 heteroatoms. The van der Waals surface area contributed by atoms with E-state index in [2.05, 4.69) is 17.0 Å². The average Bonchev–Trinajstić information content (AvgIpc) is 2.20. The van der Waals surface area contributed by atoms with Gasteiger partial charge in [-0.1, -0.05) is 19.8 Å². The summed E-state index contributed by atoms with van der Waals surface area (Å²) in [6.07, 6.45) is 3.83. The molecule has 0 radical (unpaired) electrons. The van der Waals surface area contributed by atoms with Gasteiger partial charge in [0.05, 0.1) is 6.26 Å². The second-order valence-electron chi connectivity index (χ2n) is 5.05. The zero-order valence-corrected chi connectivity index (χ0v) is 13.7. The standard InChI is InChI=1S/C11H25N3O3S.ClH/c1-5-6-7-9(8-12)13-10(15)11(2,3)14-18(4,16)17;/h9,14H,5-8,12H2,1-4H3,(H,13,15);1H. The van der Waals surface area contributed by atoms with E-state index < -0.39 is 15.6 Å². The molecule has 0 aliphatic carbocycles. The molecule has 0 saturated carbocycles. The van der Waals surface area contributed by atoms with Gasteiger partial charge in [-0.25, -0.2) is 13.1 Å². The van der Waals surface area contributed by atoms with Crippen LogP contribution in [0.3, 0.4) is 0 Å². The normalized spacial score (nSPS) is 13.5. The Hall–Kier alpha value is -0.370. The van der Waals surface area contributed by atoms with Crippen molar-refractivity contribution in [3.05, 3.63) is 0 Å². The summed E-state index contributed by atoms with van der Waals surface area (Å²) in [5.74, 6) is -0.362. The molecule has 0 aromatic rings. The van der Waals surface area contributed by atoms with E-state index in [1.165, 1.54) is 13.8 Å². The largest absolute Gasteiger partial charge is 0.350 e. The molecule has 0 bridgehead atoms. The molecule has 19 heavy (non-hydrogen) atoms. The molecule has 0 aromatic carbocycles. The topological polar surface area (TPSA) is 101 Å². The summed E-state index contributed by atoms with van der Waals surface area (Å²) in [5.41, 5.74) is 4.41. The van der Waals surface area contributed by atoms with Gasteiger partial charge in [-0.3, -0.25) is 4.79 Å². The summed E-state index contributed by atoms with van der Waals surface area (Å²) in [6, 6.07) is -0.113. The van der Waals surface area contributed by atoms with Crippen LogP contribution in [0, 0.1) is 0 Å². The SMILES string of the molecule is CCCCC(CN)NC(=O)C(C)(C)NS(C)(=O)=O.Cl. The quantitative estimate of drug-likeness (QED) is 0.602. The third-order valence-corrected chi connectivity index (χ3v) is 3.42. The van der Waals surface area contributed by atoms with Crippen molar-refractivity contribution in [1.82, 2.24) is 10.0 Å². The average molecular weight is 316 g/mol. The highest BCUT2D eigenvalue weighted by molar-refractivity contribution is 7.88. The number of nitrogens with one attached hydrogen (secondary N) is 2. The Morgan fingerprint density at radius 2 is 1.89 bits per heavy atom. The lowest BCUT2D eigenvalue weighted by atomic mass is 10.0. The van der Waals surface area contributed by atoms with Crippen LogP contribution in [-0.2, 0) is 14.8 Å². The van der Waals surface area contributed by atoms with Crippen molar-refractivity contribution in [2.24, 2.45) is 5.73 Å². The zero-order valence-electron chi connectivity index (χ0n) is 12.0. The van der Waals surface area contributed by atoms with E-state index >= 15 is 0 Å². The monoisotopic (exact) mass is 315 g/mol. The van der Waals surface area contributed by atoms with E-state index in [-0.39, 0.29) is 24.4 Å². The summed E-state index contributed by atoms with van der Waals surface area (Å²) in [5, 5.41) is 2.77. The van der Waals surface area contributed by atoms with E-state index in [0.29, 0.717) is 6.54 Å². The molecule has 0 rings (SSSR count). The first-order valence-electron chi connectivity index (χ1n) is 6.12. The number of hydrogen-bond acceptors (Lipinski definition) is 4. The predicted molar refractivity (Wildman–Crippen MR) is 79.8 cm³/mol. The lowest BCUT2D eigenvalue weighted by molar-refractivity contribution is -0.126. The molecule has 0 fully saturated rings. The first-order chi connectivity index (χ1) is 8.12. The minimum absolute atomic E-state index is 0. The van der Waals surface area contributed by atoms with Crippen LogP contribution in [0.15, 0.2) is 0 Å². The van der Waals surface area contributed by atoms with Crippen LogP contribution in [0.1, 0.15) is 40.0 Å². The van der Waals surface area contributed by atoms with Crippen LogP contribution in [0.2, 0.25) is 0 Å². The number of rotatable bonds is 8. The molecular weight excluding hydrogens is 290 g/mol. The smallest absolute Gasteiger partial charge is 0.240 e. The fraction of sp³-hybridized carbons (Fsp3) is 0.909. The minimum atomic E-state index is -3.43. The molecule has 0 aliphatic heterocycles. The van der Waals surface area contributed by atoms with E-state index in [4.69, 9.17) is 5.73 Å². The van der Waals surface area contributed by atoms with Gasteiger partial charge in [-0.05, 0) is 20.3 Å². The maximum atomic E-state index is 12.0. The van der Waals surface area contributed by atoms with Gasteiger partial charge in [0.1, 0.15) is 5.54 Å². The Labute approximate surface area is 122 Å². The van der Waals surface area contributed by atoms with Gasteiger partial charge in [0.2, 0.25) is 15.9 Å². The van der Waals surface area contributed by atoms with Gasteiger partial charge in [-0.2, -0.15) is 0 Å². The van der Waals surface area contributed by atoms with Gasteiger partial charge in [0.15, 0.2) is 0 Å². The van der Waals surface area contributed by atoms with Crippen LogP contribution in [0.4, 0.5) is 0 Å². The van der Waals surface area contributed by atoms with Gasteiger partial charge in [0, 0.05) is 12.6 Å². The van der Waals surface area contributed by atoms with E-state index in [9.17, 15) is 13.2 Å². The molecule has 0 saturated heterocycles. The molecule has 1 unspecified atom stereocenters. The van der Waals surface area contributed by atoms with E-state index in [1.54, 1.807) is 0 Å². The highest BCUT2D eigenvalue weighted by Gasteiger charge is 2.31. The summed E-state index contributed by atoms with van der Waals surface area (Å²) in [6.45, 7) is 5.46. The number of carbonyl (C=O) groups is 1. The second kappa shape index (κ2) is 8.73. The molecule has 6 nitrogen and oxygen atoms in total. The maximum absolute atomic E-state index is 12.0. The summed E-state index contributed by atoms with van der Waals surface area (Å²) in [4.78, 5) is 12.0. The summed E-state index contributed by atoms with van der Waals surface area (Å²) < 4.78 is 24.6. The fourth-order valence-corrected chi connectivity index (χ4v) is 2.59. The van der Waals surface area contributed by atoms with Gasteiger partial charge < -0.3 is 11.1 Å². The van der Waals surface area contributed by atoms with Gasteiger partial charge in [-0.15, -0.1) is 12.4 Å². The van der Waals surface area contributed by atoms with Crippen molar-refractivity contribution >= 4 is 28.3 Å². The van der Waals surface area contributed by atoms with Crippen molar-refractivity contribution < 1.29 is 13.2 Å². The van der Waals surface area contributed by atoms with Crippen LogP contribution >= 0.6 is 12.4 Å². The molecule has 1 atom stereocenters. The highest BCUT2D eigenvalue weighted by atomic mass is 35.5. The Balaban J connectivity index is 0. The van der Waals surface area contributed by atoms with Crippen molar-refractivity contribution in [3.8, 4) is 0 Å². The Bertz CT molecular complexity index is 371.